The van der Waals surface area contributed by atoms with Crippen LogP contribution in [0.15, 0.2) is 48.5 Å². The normalized spacial score (nSPS) is 10.0. The van der Waals surface area contributed by atoms with Crippen LogP contribution in [-0.2, 0) is 4.79 Å². The van der Waals surface area contributed by atoms with Gasteiger partial charge >= 0.3 is 0 Å². The number of benzene rings is 2. The van der Waals surface area contributed by atoms with Crippen LogP contribution >= 0.6 is 11.6 Å². The fourth-order valence-electron chi connectivity index (χ4n) is 1.60. The van der Waals surface area contributed by atoms with E-state index in [-0.39, 0.29) is 18.0 Å². The first-order valence-electron chi connectivity index (χ1n) is 6.14. The molecule has 4 nitrogen and oxygen atoms in total. The molecule has 2 aromatic rings. The molecule has 0 aliphatic carbocycles. The molecule has 0 heterocycles. The molecule has 0 saturated heterocycles. The average molecular weight is 307 g/mol. The van der Waals surface area contributed by atoms with Gasteiger partial charge in [0.05, 0.1) is 6.54 Å². The van der Waals surface area contributed by atoms with Crippen molar-refractivity contribution in [2.75, 3.05) is 11.9 Å². The van der Waals surface area contributed by atoms with E-state index in [2.05, 4.69) is 10.6 Å². The Morgan fingerprint density at radius 1 is 1.00 bits per heavy atom. The highest BCUT2D eigenvalue weighted by Gasteiger charge is 2.08. The predicted molar refractivity (Wildman–Crippen MR) is 78.8 cm³/mol. The molecule has 0 spiro atoms. The van der Waals surface area contributed by atoms with E-state index in [1.54, 1.807) is 24.3 Å². The number of nitrogens with one attached hydrogen (secondary N) is 2. The van der Waals surface area contributed by atoms with Gasteiger partial charge in [-0.15, -0.1) is 0 Å². The van der Waals surface area contributed by atoms with Crippen molar-refractivity contribution in [1.29, 1.82) is 0 Å². The topological polar surface area (TPSA) is 58.2 Å². The molecule has 0 fully saturated rings. The lowest BCUT2D eigenvalue weighted by Gasteiger charge is -2.07. The molecule has 0 atom stereocenters. The average Bonchev–Trinajstić information content (AvgIpc) is 2.48. The Labute approximate surface area is 125 Å². The summed E-state index contributed by atoms with van der Waals surface area (Å²) in [5, 5.41) is 5.63. The maximum Gasteiger partial charge on any atom is 0.251 e. The Bertz CT molecular complexity index is 642. The van der Waals surface area contributed by atoms with Crippen molar-refractivity contribution in [1.82, 2.24) is 5.32 Å². The monoisotopic (exact) mass is 306 g/mol. The largest absolute Gasteiger partial charge is 0.343 e. The second-order valence-electron chi connectivity index (χ2n) is 4.24. The number of carbonyl (C=O) groups is 2. The molecule has 2 rings (SSSR count). The summed E-state index contributed by atoms with van der Waals surface area (Å²) < 4.78 is 12.7. The standard InChI is InChI=1S/C15H12ClFN2O2/c16-11-3-7-13(8-4-11)19-14(20)9-18-15(21)10-1-5-12(17)6-2-10/h1-8H,9H2,(H,18,21)(H,19,20). The summed E-state index contributed by atoms with van der Waals surface area (Å²) in [5.41, 5.74) is 0.871. The van der Waals surface area contributed by atoms with Gasteiger partial charge in [0.1, 0.15) is 5.82 Å². The quantitative estimate of drug-likeness (QED) is 0.912. The van der Waals surface area contributed by atoms with Crippen LogP contribution in [0.1, 0.15) is 10.4 Å². The molecule has 0 bridgehead atoms. The number of hydrogen-bond donors (Lipinski definition) is 2. The van der Waals surface area contributed by atoms with Crippen LogP contribution in [0, 0.1) is 5.82 Å². The first-order valence-corrected chi connectivity index (χ1v) is 6.51. The van der Waals surface area contributed by atoms with Crippen LogP contribution in [0.3, 0.4) is 0 Å². The van der Waals surface area contributed by atoms with Crippen LogP contribution in [0.4, 0.5) is 10.1 Å². The zero-order valence-corrected chi connectivity index (χ0v) is 11.7. The molecule has 0 unspecified atom stereocenters. The summed E-state index contributed by atoms with van der Waals surface area (Å²) in [6.07, 6.45) is 0. The lowest BCUT2D eigenvalue weighted by molar-refractivity contribution is -0.115. The second-order valence-corrected chi connectivity index (χ2v) is 4.68. The molecule has 0 aromatic heterocycles. The van der Waals surface area contributed by atoms with E-state index < -0.39 is 11.7 Å². The molecule has 0 saturated carbocycles. The van der Waals surface area contributed by atoms with E-state index in [4.69, 9.17) is 11.6 Å². The summed E-state index contributed by atoms with van der Waals surface area (Å²) in [7, 11) is 0. The predicted octanol–water partition coefficient (Wildman–Crippen LogP) is 2.85. The number of carbonyl (C=O) groups excluding carboxylic acids is 2. The molecule has 0 radical (unpaired) electrons. The highest BCUT2D eigenvalue weighted by molar-refractivity contribution is 6.30. The zero-order chi connectivity index (χ0) is 15.2. The molecule has 21 heavy (non-hydrogen) atoms. The maximum absolute atomic E-state index is 12.7. The third-order valence-corrected chi connectivity index (χ3v) is 2.90. The first kappa shape index (κ1) is 15.0. The highest BCUT2D eigenvalue weighted by atomic mass is 35.5. The molecule has 0 aliphatic rings. The smallest absolute Gasteiger partial charge is 0.251 e. The van der Waals surface area contributed by atoms with Gasteiger partial charge in [-0.2, -0.15) is 0 Å². The van der Waals surface area contributed by atoms with E-state index >= 15 is 0 Å². The van der Waals surface area contributed by atoms with Gasteiger partial charge in [-0.25, -0.2) is 4.39 Å². The van der Waals surface area contributed by atoms with Crippen molar-refractivity contribution in [3.63, 3.8) is 0 Å². The van der Waals surface area contributed by atoms with Crippen LogP contribution in [0.25, 0.3) is 0 Å². The summed E-state index contributed by atoms with van der Waals surface area (Å²) in [6, 6.07) is 11.7. The van der Waals surface area contributed by atoms with Gasteiger partial charge in [0.15, 0.2) is 0 Å². The summed E-state index contributed by atoms with van der Waals surface area (Å²) in [4.78, 5) is 23.4. The molecular formula is C15H12ClFN2O2. The second kappa shape index (κ2) is 6.85. The number of halogens is 2. The summed E-state index contributed by atoms with van der Waals surface area (Å²) >= 11 is 5.73. The van der Waals surface area contributed by atoms with Crippen LogP contribution in [-0.4, -0.2) is 18.4 Å². The van der Waals surface area contributed by atoms with Crippen LogP contribution in [0.5, 0.6) is 0 Å². The van der Waals surface area contributed by atoms with Gasteiger partial charge in [0, 0.05) is 16.3 Å². The fraction of sp³-hybridized carbons (Fsp3) is 0.0667. The third-order valence-electron chi connectivity index (χ3n) is 2.64. The lowest BCUT2D eigenvalue weighted by atomic mass is 10.2. The minimum Gasteiger partial charge on any atom is -0.343 e. The minimum absolute atomic E-state index is 0.182. The van der Waals surface area contributed by atoms with Gasteiger partial charge in [-0.3, -0.25) is 9.59 Å². The summed E-state index contributed by atoms with van der Waals surface area (Å²) in [5.74, 6) is -1.24. The number of rotatable bonds is 4. The number of amides is 2. The summed E-state index contributed by atoms with van der Waals surface area (Å²) in [6.45, 7) is -0.182. The van der Waals surface area contributed by atoms with Crippen molar-refractivity contribution >= 4 is 29.1 Å². The Morgan fingerprint density at radius 2 is 1.62 bits per heavy atom. The van der Waals surface area contributed by atoms with Crippen molar-refractivity contribution in [2.45, 2.75) is 0 Å². The van der Waals surface area contributed by atoms with Gasteiger partial charge in [0.25, 0.3) is 5.91 Å². The molecule has 2 amide bonds. The molecule has 6 heteroatoms. The third kappa shape index (κ3) is 4.57. The Morgan fingerprint density at radius 3 is 2.24 bits per heavy atom. The van der Waals surface area contributed by atoms with Gasteiger partial charge in [0.2, 0.25) is 5.91 Å². The SMILES string of the molecule is O=C(CNC(=O)c1ccc(F)cc1)Nc1ccc(Cl)cc1. The van der Waals surface area contributed by atoms with Crippen LogP contribution in [0.2, 0.25) is 5.02 Å². The number of hydrogen-bond acceptors (Lipinski definition) is 2. The molecule has 108 valence electrons. The Balaban J connectivity index is 1.84. The van der Waals surface area contributed by atoms with E-state index in [1.165, 1.54) is 24.3 Å². The van der Waals surface area contributed by atoms with Crippen molar-refractivity contribution in [3.8, 4) is 0 Å². The van der Waals surface area contributed by atoms with E-state index in [0.717, 1.165) is 0 Å². The Kier molecular flexibility index (Phi) is 4.90. The molecule has 2 N–H and O–H groups in total. The van der Waals surface area contributed by atoms with Gasteiger partial charge in [-0.05, 0) is 48.5 Å². The van der Waals surface area contributed by atoms with E-state index in [1.807, 2.05) is 0 Å². The molecule has 0 aliphatic heterocycles. The lowest BCUT2D eigenvalue weighted by Crippen LogP contribution is -2.32. The van der Waals surface area contributed by atoms with Gasteiger partial charge in [-0.1, -0.05) is 11.6 Å². The zero-order valence-electron chi connectivity index (χ0n) is 10.9. The number of anilines is 1. The van der Waals surface area contributed by atoms with Crippen molar-refractivity contribution in [2.24, 2.45) is 0 Å². The molecular weight excluding hydrogens is 295 g/mol. The minimum atomic E-state index is -0.443. The highest BCUT2D eigenvalue weighted by Crippen LogP contribution is 2.13. The van der Waals surface area contributed by atoms with E-state index in [0.29, 0.717) is 10.7 Å². The maximum atomic E-state index is 12.7. The van der Waals surface area contributed by atoms with Gasteiger partial charge < -0.3 is 10.6 Å². The van der Waals surface area contributed by atoms with Crippen molar-refractivity contribution < 1.29 is 14.0 Å². The Hall–Kier alpha value is -2.40. The van der Waals surface area contributed by atoms with Crippen LogP contribution < -0.4 is 10.6 Å². The van der Waals surface area contributed by atoms with Crippen molar-refractivity contribution in [3.05, 3.63) is 64.9 Å². The van der Waals surface area contributed by atoms with E-state index in [9.17, 15) is 14.0 Å². The fourth-order valence-corrected chi connectivity index (χ4v) is 1.73. The molecule has 2 aromatic carbocycles. The first-order chi connectivity index (χ1) is 10.0.